The van der Waals surface area contributed by atoms with Crippen LogP contribution in [0.4, 0.5) is 0 Å². The van der Waals surface area contributed by atoms with E-state index in [0.29, 0.717) is 0 Å². The summed E-state index contributed by atoms with van der Waals surface area (Å²) in [6, 6.07) is 52.4. The van der Waals surface area contributed by atoms with Crippen molar-refractivity contribution in [3.63, 3.8) is 0 Å². The maximum Gasteiger partial charge on any atom is 0.0541 e. The lowest BCUT2D eigenvalue weighted by molar-refractivity contribution is 1.10. The first-order valence-corrected chi connectivity index (χ1v) is 15.4. The second-order valence-electron chi connectivity index (χ2n) is 11.4. The smallest absolute Gasteiger partial charge is 0.0541 e. The number of nitrogens with zero attached hydrogens (tertiary/aromatic N) is 2. The minimum absolute atomic E-state index is 1.14. The molecule has 0 bridgehead atoms. The summed E-state index contributed by atoms with van der Waals surface area (Å²) in [5.41, 5.74) is 13.0. The lowest BCUT2D eigenvalue weighted by Crippen LogP contribution is -1.96. The average molecular weight is 577 g/mol. The maximum absolute atomic E-state index is 4.22. The van der Waals surface area contributed by atoms with E-state index in [9.17, 15) is 0 Å². The zero-order valence-electron chi connectivity index (χ0n) is 25.2. The number of para-hydroxylation sites is 2. The molecule has 0 unspecified atom stereocenters. The summed E-state index contributed by atoms with van der Waals surface area (Å²) in [6.07, 6.45) is 6.26. The first-order chi connectivity index (χ1) is 22.2. The Labute approximate surface area is 263 Å². The van der Waals surface area contributed by atoms with Gasteiger partial charge in [-0.1, -0.05) is 110 Å². The summed E-state index contributed by atoms with van der Waals surface area (Å²) in [4.78, 5) is 0. The zero-order valence-corrected chi connectivity index (χ0v) is 25.2. The fourth-order valence-corrected chi connectivity index (χ4v) is 6.79. The number of aromatic nitrogens is 2. The number of hydrogen-bond acceptors (Lipinski definition) is 0. The van der Waals surface area contributed by atoms with Crippen molar-refractivity contribution in [3.05, 3.63) is 170 Å². The van der Waals surface area contributed by atoms with Crippen molar-refractivity contribution in [1.29, 1.82) is 0 Å². The van der Waals surface area contributed by atoms with Gasteiger partial charge in [0.05, 0.1) is 22.2 Å². The number of benzene rings is 6. The minimum Gasteiger partial charge on any atom is -0.309 e. The molecule has 0 atom stereocenters. The van der Waals surface area contributed by atoms with Gasteiger partial charge in [-0.3, -0.25) is 0 Å². The summed E-state index contributed by atoms with van der Waals surface area (Å²) in [7, 11) is 0. The Hall–Kier alpha value is -5.86. The number of hydrogen-bond donors (Lipinski definition) is 0. The van der Waals surface area contributed by atoms with Gasteiger partial charge in [-0.15, -0.1) is 0 Å². The van der Waals surface area contributed by atoms with Gasteiger partial charge in [0.25, 0.3) is 0 Å². The third kappa shape index (κ3) is 4.42. The van der Waals surface area contributed by atoms with E-state index in [0.717, 1.165) is 22.6 Å². The minimum atomic E-state index is 1.14. The van der Waals surface area contributed by atoms with Gasteiger partial charge in [-0.05, 0) is 89.9 Å². The first kappa shape index (κ1) is 26.7. The van der Waals surface area contributed by atoms with Gasteiger partial charge < -0.3 is 9.13 Å². The largest absolute Gasteiger partial charge is 0.309 e. The zero-order chi connectivity index (χ0) is 30.3. The molecule has 214 valence electrons. The van der Waals surface area contributed by atoms with Crippen molar-refractivity contribution in [3.8, 4) is 33.6 Å². The predicted molar refractivity (Wildman–Crippen MR) is 193 cm³/mol. The molecule has 0 radical (unpaired) electrons. The van der Waals surface area contributed by atoms with Crippen molar-refractivity contribution >= 4 is 44.9 Å². The summed E-state index contributed by atoms with van der Waals surface area (Å²) >= 11 is 0. The Kier molecular flexibility index (Phi) is 6.54. The van der Waals surface area contributed by atoms with Gasteiger partial charge in [0.2, 0.25) is 0 Å². The quantitative estimate of drug-likeness (QED) is 0.186. The molecule has 2 aromatic heterocycles. The Balaban J connectivity index is 1.31. The highest BCUT2D eigenvalue weighted by atomic mass is 15.0. The van der Waals surface area contributed by atoms with Crippen LogP contribution in [0, 0.1) is 0 Å². The Bertz CT molecular complexity index is 2380. The van der Waals surface area contributed by atoms with Crippen LogP contribution in [-0.2, 0) is 0 Å². The third-order valence-electron chi connectivity index (χ3n) is 8.80. The molecule has 2 heteroatoms. The molecule has 2 nitrogen and oxygen atoms in total. The molecular formula is C43H32N2. The molecule has 0 amide bonds. The number of allylic oxidation sites excluding steroid dienone is 1. The van der Waals surface area contributed by atoms with Crippen molar-refractivity contribution < 1.29 is 0 Å². The topological polar surface area (TPSA) is 9.86 Å². The third-order valence-corrected chi connectivity index (χ3v) is 8.80. The van der Waals surface area contributed by atoms with Gasteiger partial charge in [-0.25, -0.2) is 0 Å². The van der Waals surface area contributed by atoms with Crippen LogP contribution in [0.5, 0.6) is 0 Å². The number of fused-ring (bicyclic) bond motifs is 4. The SMILES string of the molecule is C=Cc1c(/C=C\C)n(-c2ccccc2)c2ccc(-c3ccc4c(c3)c3ccccc3n4-c3cccc(-c4ccccc4)c3)cc12. The molecule has 8 rings (SSSR count). The molecule has 0 fully saturated rings. The van der Waals surface area contributed by atoms with Gasteiger partial charge in [0.15, 0.2) is 0 Å². The van der Waals surface area contributed by atoms with E-state index in [1.165, 1.54) is 55.0 Å². The van der Waals surface area contributed by atoms with Gasteiger partial charge >= 0.3 is 0 Å². The van der Waals surface area contributed by atoms with Gasteiger partial charge in [0.1, 0.15) is 0 Å². The van der Waals surface area contributed by atoms with Crippen LogP contribution < -0.4 is 0 Å². The van der Waals surface area contributed by atoms with Crippen LogP contribution in [0.1, 0.15) is 18.2 Å². The lowest BCUT2D eigenvalue weighted by atomic mass is 10.00. The predicted octanol–water partition coefficient (Wildman–Crippen LogP) is 11.7. The standard InChI is InChI=1S/C43H32N2/c1-3-14-40-36(4-2)38-28-32(23-25-42(38)44(40)34-18-9-6-10-19-34)33-24-26-43-39(29-33)37-21-11-12-22-41(37)45(43)35-20-13-17-31(27-35)30-15-7-5-8-16-30/h3-29H,2H2,1H3/b14-3-. The van der Waals surface area contributed by atoms with Crippen LogP contribution in [-0.4, -0.2) is 9.13 Å². The molecular weight excluding hydrogens is 544 g/mol. The second-order valence-corrected chi connectivity index (χ2v) is 11.4. The molecule has 8 aromatic rings. The van der Waals surface area contributed by atoms with Crippen LogP contribution in [0.3, 0.4) is 0 Å². The summed E-state index contributed by atoms with van der Waals surface area (Å²) in [5.74, 6) is 0. The molecule has 2 heterocycles. The van der Waals surface area contributed by atoms with Crippen molar-refractivity contribution in [1.82, 2.24) is 9.13 Å². The van der Waals surface area contributed by atoms with Crippen LogP contribution >= 0.6 is 0 Å². The molecule has 0 aliphatic carbocycles. The highest BCUT2D eigenvalue weighted by molar-refractivity contribution is 6.11. The Morgan fingerprint density at radius 1 is 0.467 bits per heavy atom. The molecule has 0 spiro atoms. The van der Waals surface area contributed by atoms with E-state index in [2.05, 4.69) is 180 Å². The molecule has 0 aliphatic rings. The van der Waals surface area contributed by atoms with E-state index in [4.69, 9.17) is 0 Å². The van der Waals surface area contributed by atoms with E-state index >= 15 is 0 Å². The van der Waals surface area contributed by atoms with Crippen molar-refractivity contribution in [2.24, 2.45) is 0 Å². The van der Waals surface area contributed by atoms with E-state index < -0.39 is 0 Å². The highest BCUT2D eigenvalue weighted by Crippen LogP contribution is 2.38. The molecule has 0 aliphatic heterocycles. The van der Waals surface area contributed by atoms with E-state index in [-0.39, 0.29) is 0 Å². The normalized spacial score (nSPS) is 11.7. The molecule has 0 saturated carbocycles. The van der Waals surface area contributed by atoms with E-state index in [1.54, 1.807) is 0 Å². The summed E-state index contributed by atoms with van der Waals surface area (Å²) in [5, 5.41) is 3.69. The monoisotopic (exact) mass is 576 g/mol. The van der Waals surface area contributed by atoms with Crippen LogP contribution in [0.15, 0.2) is 158 Å². The maximum atomic E-state index is 4.22. The molecule has 6 aromatic carbocycles. The Morgan fingerprint density at radius 2 is 1.04 bits per heavy atom. The average Bonchev–Trinajstić information content (AvgIpc) is 3.60. The van der Waals surface area contributed by atoms with Gasteiger partial charge in [-0.2, -0.15) is 0 Å². The van der Waals surface area contributed by atoms with Crippen LogP contribution in [0.2, 0.25) is 0 Å². The fraction of sp³-hybridized carbons (Fsp3) is 0.0233. The van der Waals surface area contributed by atoms with Crippen LogP contribution in [0.25, 0.3) is 78.5 Å². The Morgan fingerprint density at radius 3 is 1.78 bits per heavy atom. The lowest BCUT2D eigenvalue weighted by Gasteiger charge is -2.11. The molecule has 0 N–H and O–H groups in total. The summed E-state index contributed by atoms with van der Waals surface area (Å²) < 4.78 is 4.72. The molecule has 0 saturated heterocycles. The van der Waals surface area contributed by atoms with Crippen molar-refractivity contribution in [2.45, 2.75) is 6.92 Å². The first-order valence-electron chi connectivity index (χ1n) is 15.4. The second kappa shape index (κ2) is 11.0. The van der Waals surface area contributed by atoms with Crippen molar-refractivity contribution in [2.75, 3.05) is 0 Å². The van der Waals surface area contributed by atoms with E-state index in [1.807, 2.05) is 6.08 Å². The van der Waals surface area contributed by atoms with Gasteiger partial charge in [0, 0.05) is 33.1 Å². The highest BCUT2D eigenvalue weighted by Gasteiger charge is 2.17. The molecule has 45 heavy (non-hydrogen) atoms. The number of rotatable bonds is 6. The summed E-state index contributed by atoms with van der Waals surface area (Å²) in [6.45, 7) is 6.28. The fourth-order valence-electron chi connectivity index (χ4n) is 6.79.